The van der Waals surface area contributed by atoms with Gasteiger partial charge in [-0.2, -0.15) is 0 Å². The standard InChI is InChI=1S/C16H24ClN3/c1-10(2)20-14(9-17)18-19-15(20)16-6-11-3-12(7-16)5-13(4-11)8-16/h10-13H,3-9H2,1-2H3. The van der Waals surface area contributed by atoms with Gasteiger partial charge in [-0.3, -0.25) is 0 Å². The van der Waals surface area contributed by atoms with Gasteiger partial charge in [-0.25, -0.2) is 0 Å². The third kappa shape index (κ3) is 1.78. The van der Waals surface area contributed by atoms with Crippen LogP contribution in [0.1, 0.15) is 70.1 Å². The molecular formula is C16H24ClN3. The van der Waals surface area contributed by atoms with E-state index in [-0.39, 0.29) is 0 Å². The molecule has 4 fully saturated rings. The second-order valence-corrected chi connectivity index (χ2v) is 8.00. The third-order valence-corrected chi connectivity index (χ3v) is 6.15. The Morgan fingerprint density at radius 1 is 1.10 bits per heavy atom. The molecule has 0 aliphatic heterocycles. The Hall–Kier alpha value is -0.570. The minimum atomic E-state index is 0.316. The molecule has 0 atom stereocenters. The van der Waals surface area contributed by atoms with Gasteiger partial charge in [0, 0.05) is 11.5 Å². The Morgan fingerprint density at radius 2 is 1.65 bits per heavy atom. The minimum absolute atomic E-state index is 0.316. The summed E-state index contributed by atoms with van der Waals surface area (Å²) < 4.78 is 2.33. The van der Waals surface area contributed by atoms with Crippen LogP contribution in [0.15, 0.2) is 0 Å². The number of rotatable bonds is 3. The Labute approximate surface area is 126 Å². The van der Waals surface area contributed by atoms with Crippen LogP contribution < -0.4 is 0 Å². The molecule has 4 aliphatic rings. The normalized spacial score (nSPS) is 38.9. The highest BCUT2D eigenvalue weighted by atomic mass is 35.5. The molecule has 3 nitrogen and oxygen atoms in total. The first-order chi connectivity index (χ1) is 9.61. The van der Waals surface area contributed by atoms with E-state index >= 15 is 0 Å². The van der Waals surface area contributed by atoms with Crippen molar-refractivity contribution in [3.63, 3.8) is 0 Å². The van der Waals surface area contributed by atoms with Crippen LogP contribution in [0.2, 0.25) is 0 Å². The monoisotopic (exact) mass is 293 g/mol. The molecule has 110 valence electrons. The lowest BCUT2D eigenvalue weighted by Gasteiger charge is -2.56. The first-order valence-corrected chi connectivity index (χ1v) is 8.65. The quantitative estimate of drug-likeness (QED) is 0.787. The second-order valence-electron chi connectivity index (χ2n) is 7.74. The average molecular weight is 294 g/mol. The maximum absolute atomic E-state index is 6.07. The van der Waals surface area contributed by atoms with E-state index in [1.807, 2.05) is 0 Å². The molecule has 0 radical (unpaired) electrons. The molecule has 0 amide bonds. The predicted octanol–water partition coefficient (Wildman–Crippen LogP) is 4.07. The molecular weight excluding hydrogens is 270 g/mol. The molecule has 4 heteroatoms. The molecule has 0 spiro atoms. The third-order valence-electron chi connectivity index (χ3n) is 5.91. The van der Waals surface area contributed by atoms with Gasteiger partial charge in [-0.15, -0.1) is 21.8 Å². The van der Waals surface area contributed by atoms with Crippen molar-refractivity contribution in [3.05, 3.63) is 11.6 Å². The van der Waals surface area contributed by atoms with Crippen molar-refractivity contribution in [2.75, 3.05) is 0 Å². The lowest BCUT2D eigenvalue weighted by Crippen LogP contribution is -2.50. The van der Waals surface area contributed by atoms with Gasteiger partial charge < -0.3 is 4.57 Å². The topological polar surface area (TPSA) is 30.7 Å². The molecule has 0 aromatic carbocycles. The van der Waals surface area contributed by atoms with E-state index < -0.39 is 0 Å². The zero-order valence-corrected chi connectivity index (χ0v) is 13.2. The molecule has 1 aromatic heterocycles. The van der Waals surface area contributed by atoms with Crippen molar-refractivity contribution in [1.82, 2.24) is 14.8 Å². The van der Waals surface area contributed by atoms with Gasteiger partial charge in [0.15, 0.2) is 0 Å². The molecule has 0 unspecified atom stereocenters. The van der Waals surface area contributed by atoms with Crippen molar-refractivity contribution in [2.24, 2.45) is 17.8 Å². The van der Waals surface area contributed by atoms with Gasteiger partial charge in [0.1, 0.15) is 11.6 Å². The van der Waals surface area contributed by atoms with E-state index in [0.29, 0.717) is 17.3 Å². The van der Waals surface area contributed by atoms with Crippen molar-refractivity contribution < 1.29 is 0 Å². The maximum Gasteiger partial charge on any atom is 0.148 e. The molecule has 1 heterocycles. The first-order valence-electron chi connectivity index (χ1n) is 8.11. The van der Waals surface area contributed by atoms with Gasteiger partial charge in [0.2, 0.25) is 0 Å². The average Bonchev–Trinajstić information content (AvgIpc) is 2.81. The molecule has 20 heavy (non-hydrogen) atoms. The Kier molecular flexibility index (Phi) is 2.93. The van der Waals surface area contributed by atoms with Gasteiger partial charge >= 0.3 is 0 Å². The highest BCUT2D eigenvalue weighted by Gasteiger charge is 2.54. The van der Waals surface area contributed by atoms with E-state index in [0.717, 1.165) is 23.6 Å². The fourth-order valence-electron chi connectivity index (χ4n) is 5.70. The van der Waals surface area contributed by atoms with E-state index in [2.05, 4.69) is 28.6 Å². The predicted molar refractivity (Wildman–Crippen MR) is 79.8 cm³/mol. The van der Waals surface area contributed by atoms with E-state index in [9.17, 15) is 0 Å². The summed E-state index contributed by atoms with van der Waals surface area (Å²) in [6.45, 7) is 4.45. The van der Waals surface area contributed by atoms with Gasteiger partial charge in [-0.1, -0.05) is 0 Å². The van der Waals surface area contributed by atoms with Gasteiger partial charge in [0.25, 0.3) is 0 Å². The van der Waals surface area contributed by atoms with Crippen LogP contribution in [0.5, 0.6) is 0 Å². The molecule has 4 aliphatic carbocycles. The van der Waals surface area contributed by atoms with Crippen molar-refractivity contribution in [1.29, 1.82) is 0 Å². The van der Waals surface area contributed by atoms with Crippen LogP contribution in [-0.4, -0.2) is 14.8 Å². The largest absolute Gasteiger partial charge is 0.311 e. The lowest BCUT2D eigenvalue weighted by molar-refractivity contribution is -0.0116. The van der Waals surface area contributed by atoms with Crippen molar-refractivity contribution in [3.8, 4) is 0 Å². The van der Waals surface area contributed by atoms with E-state index in [1.54, 1.807) is 0 Å². The molecule has 0 saturated heterocycles. The highest BCUT2D eigenvalue weighted by Crippen LogP contribution is 2.60. The smallest absolute Gasteiger partial charge is 0.148 e. The van der Waals surface area contributed by atoms with Crippen LogP contribution in [0.25, 0.3) is 0 Å². The fraction of sp³-hybridized carbons (Fsp3) is 0.875. The summed E-state index contributed by atoms with van der Waals surface area (Å²) in [5.74, 6) is 5.50. The van der Waals surface area contributed by atoms with Crippen LogP contribution in [0, 0.1) is 17.8 Å². The summed E-state index contributed by atoms with van der Waals surface area (Å²) in [5.41, 5.74) is 0.316. The SMILES string of the molecule is CC(C)n1c(CCl)nnc1C12CC3CC(CC(C3)C1)C2. The second kappa shape index (κ2) is 4.46. The molecule has 1 aromatic rings. The van der Waals surface area contributed by atoms with Crippen LogP contribution in [-0.2, 0) is 11.3 Å². The number of hydrogen-bond acceptors (Lipinski definition) is 2. The summed E-state index contributed by atoms with van der Waals surface area (Å²) in [5, 5.41) is 9.02. The van der Waals surface area contributed by atoms with Gasteiger partial charge in [-0.05, 0) is 70.1 Å². The molecule has 0 N–H and O–H groups in total. The molecule has 4 bridgehead atoms. The molecule has 4 saturated carbocycles. The number of nitrogens with zero attached hydrogens (tertiary/aromatic N) is 3. The van der Waals surface area contributed by atoms with Gasteiger partial charge in [0.05, 0.1) is 5.88 Å². The number of alkyl halides is 1. The zero-order chi connectivity index (χ0) is 13.9. The first kappa shape index (κ1) is 13.1. The minimum Gasteiger partial charge on any atom is -0.311 e. The number of hydrogen-bond donors (Lipinski definition) is 0. The maximum atomic E-state index is 6.07. The summed E-state index contributed by atoms with van der Waals surface area (Å²) in [4.78, 5) is 0. The number of halogens is 1. The van der Waals surface area contributed by atoms with Crippen molar-refractivity contribution >= 4 is 11.6 Å². The Balaban J connectivity index is 1.79. The van der Waals surface area contributed by atoms with Crippen molar-refractivity contribution in [2.45, 2.75) is 69.7 Å². The number of aromatic nitrogens is 3. The van der Waals surface area contributed by atoms with Crippen LogP contribution >= 0.6 is 11.6 Å². The highest BCUT2D eigenvalue weighted by molar-refractivity contribution is 6.16. The Morgan fingerprint density at radius 3 is 2.10 bits per heavy atom. The lowest BCUT2D eigenvalue weighted by atomic mass is 9.49. The van der Waals surface area contributed by atoms with Crippen LogP contribution in [0.4, 0.5) is 0 Å². The summed E-state index contributed by atoms with van der Waals surface area (Å²) in [6, 6.07) is 0.404. The van der Waals surface area contributed by atoms with Crippen LogP contribution in [0.3, 0.4) is 0 Å². The molecule has 5 rings (SSSR count). The van der Waals surface area contributed by atoms with E-state index in [1.165, 1.54) is 44.3 Å². The summed E-state index contributed by atoms with van der Waals surface area (Å²) >= 11 is 6.07. The fourth-order valence-corrected chi connectivity index (χ4v) is 5.89. The summed E-state index contributed by atoms with van der Waals surface area (Å²) in [7, 11) is 0. The zero-order valence-electron chi connectivity index (χ0n) is 12.5. The Bertz CT molecular complexity index is 485. The van der Waals surface area contributed by atoms with E-state index in [4.69, 9.17) is 11.6 Å². The summed E-state index contributed by atoms with van der Waals surface area (Å²) in [6.07, 6.45) is 8.43.